The number of pyridine rings is 1. The Hall–Kier alpha value is -2.56. The van der Waals surface area contributed by atoms with E-state index in [1.54, 1.807) is 12.2 Å². The van der Waals surface area contributed by atoms with Crippen molar-refractivity contribution in [2.45, 2.75) is 55.0 Å². The summed E-state index contributed by atoms with van der Waals surface area (Å²) in [5.41, 5.74) is 3.34. The van der Waals surface area contributed by atoms with Gasteiger partial charge in [0.05, 0.1) is 39.4 Å². The van der Waals surface area contributed by atoms with Gasteiger partial charge in [-0.05, 0) is 67.1 Å². The molecular formula is C24H29N6O3S+. The van der Waals surface area contributed by atoms with Crippen LogP contribution in [0.1, 0.15) is 60.2 Å². The predicted octanol–water partition coefficient (Wildman–Crippen LogP) is 2.01. The molecule has 2 N–H and O–H groups in total. The summed E-state index contributed by atoms with van der Waals surface area (Å²) < 4.78 is 6.43. The molecular weight excluding hydrogens is 452 g/mol. The third kappa shape index (κ3) is 4.18. The number of aromatic amines is 1. The molecule has 0 radical (unpaired) electrons. The number of hydrogen-bond donors (Lipinski definition) is 2. The van der Waals surface area contributed by atoms with Crippen molar-refractivity contribution in [2.75, 3.05) is 32.0 Å². The van der Waals surface area contributed by atoms with Crippen molar-refractivity contribution >= 4 is 23.6 Å². The second-order valence-corrected chi connectivity index (χ2v) is 10.7. The highest BCUT2D eigenvalue weighted by Gasteiger charge is 2.41. The minimum Gasteiger partial charge on any atom is -0.490 e. The first-order valence-electron chi connectivity index (χ1n) is 12.1. The summed E-state index contributed by atoms with van der Waals surface area (Å²) in [4.78, 5) is 33.2. The Morgan fingerprint density at radius 3 is 3.00 bits per heavy atom. The molecule has 178 valence electrons. The van der Waals surface area contributed by atoms with E-state index in [0.29, 0.717) is 11.7 Å². The Bertz CT molecular complexity index is 1190. The van der Waals surface area contributed by atoms with Crippen molar-refractivity contribution in [3.05, 3.63) is 45.9 Å². The molecule has 6 rings (SSSR count). The third-order valence-corrected chi connectivity index (χ3v) is 8.45. The number of ether oxygens (including phenoxy) is 1. The number of thioether (sulfide) groups is 1. The van der Waals surface area contributed by atoms with Gasteiger partial charge in [-0.25, -0.2) is 0 Å². The van der Waals surface area contributed by atoms with Crippen LogP contribution in [0, 0.1) is 4.91 Å². The summed E-state index contributed by atoms with van der Waals surface area (Å²) in [6.45, 7) is 4.34. The molecule has 0 bridgehead atoms. The van der Waals surface area contributed by atoms with Crippen LogP contribution in [0.4, 0.5) is 0 Å². The molecule has 4 aliphatic rings. The lowest BCUT2D eigenvalue weighted by Gasteiger charge is -2.36. The van der Waals surface area contributed by atoms with Gasteiger partial charge in [-0.2, -0.15) is 0 Å². The van der Waals surface area contributed by atoms with Crippen molar-refractivity contribution < 1.29 is 14.1 Å². The van der Waals surface area contributed by atoms with Gasteiger partial charge >= 0.3 is 0 Å². The average Bonchev–Trinajstić information content (AvgIpc) is 2.87. The quantitative estimate of drug-likeness (QED) is 0.625. The summed E-state index contributed by atoms with van der Waals surface area (Å²) in [6, 6.07) is 2.60. The molecule has 2 aromatic rings. The topological polar surface area (TPSA) is 106 Å². The van der Waals surface area contributed by atoms with Crippen LogP contribution in [0.2, 0.25) is 0 Å². The molecule has 4 heterocycles. The van der Waals surface area contributed by atoms with Crippen molar-refractivity contribution in [2.24, 2.45) is 0 Å². The number of piperidine rings is 1. The van der Waals surface area contributed by atoms with Crippen molar-refractivity contribution in [1.29, 1.82) is 0 Å². The van der Waals surface area contributed by atoms with Crippen LogP contribution in [0.15, 0.2) is 23.2 Å². The zero-order chi connectivity index (χ0) is 23.1. The maximum absolute atomic E-state index is 12.6. The fourth-order valence-corrected chi connectivity index (χ4v) is 6.54. The highest BCUT2D eigenvalue weighted by molar-refractivity contribution is 7.99. The fraction of sp³-hybridized carbons (Fsp3) is 0.542. The lowest BCUT2D eigenvalue weighted by Crippen LogP contribution is -2.46. The van der Waals surface area contributed by atoms with Gasteiger partial charge in [0.2, 0.25) is 5.69 Å². The van der Waals surface area contributed by atoms with E-state index in [2.05, 4.69) is 31.6 Å². The Labute approximate surface area is 201 Å². The van der Waals surface area contributed by atoms with Crippen LogP contribution in [0.3, 0.4) is 0 Å². The van der Waals surface area contributed by atoms with Gasteiger partial charge in [0.15, 0.2) is 17.2 Å². The molecule has 0 aromatic carbocycles. The van der Waals surface area contributed by atoms with Gasteiger partial charge in [-0.15, -0.1) is 11.8 Å². The lowest BCUT2D eigenvalue weighted by molar-refractivity contribution is -0.583. The normalized spacial score (nSPS) is 24.4. The Morgan fingerprint density at radius 1 is 1.24 bits per heavy atom. The zero-order valence-corrected chi connectivity index (χ0v) is 19.9. The molecule has 0 spiro atoms. The minimum atomic E-state index is -0.217. The molecule has 2 aliphatic carbocycles. The Kier molecular flexibility index (Phi) is 5.96. The monoisotopic (exact) mass is 481 g/mol. The third-order valence-electron chi connectivity index (χ3n) is 7.44. The standard InChI is InChI=1S/C24H28N6O3S/c31-20-4-3-19-23-18(20)2-1-15(24(23)30(32)28-27-19)14-29-7-5-16(6-8-29)25-12-17-11-22-21(13-26-17)33-9-10-34-22/h3-4,11,13,15-16,18,25H,1-2,5-10,12,14H2/p+1/t15-,18?/m0/s1. The van der Waals surface area contributed by atoms with Gasteiger partial charge < -0.3 is 15.0 Å². The zero-order valence-electron chi connectivity index (χ0n) is 19.0. The second-order valence-electron chi connectivity index (χ2n) is 9.53. The molecule has 9 nitrogen and oxygen atoms in total. The number of likely N-dealkylation sites (tertiary alicyclic amines) is 1. The molecule has 34 heavy (non-hydrogen) atoms. The molecule has 1 unspecified atom stereocenters. The van der Waals surface area contributed by atoms with Crippen molar-refractivity contribution in [3.63, 3.8) is 0 Å². The van der Waals surface area contributed by atoms with Crippen LogP contribution < -0.4 is 14.6 Å². The van der Waals surface area contributed by atoms with Crippen LogP contribution >= 0.6 is 11.8 Å². The first-order valence-corrected chi connectivity index (χ1v) is 13.1. The number of nitrogens with one attached hydrogen (secondary N) is 2. The SMILES string of the molecule is O=C1C=Cc2n[nH][n+](=O)c3c2C1CC[C@H]3CN1CCC(NCc2cc3c(cn2)OCCS3)CC1. The van der Waals surface area contributed by atoms with Gasteiger partial charge in [-0.1, -0.05) is 0 Å². The molecule has 1 saturated heterocycles. The molecule has 0 amide bonds. The van der Waals surface area contributed by atoms with E-state index in [-0.39, 0.29) is 17.6 Å². The summed E-state index contributed by atoms with van der Waals surface area (Å²) >= 11 is 1.83. The average molecular weight is 482 g/mol. The van der Waals surface area contributed by atoms with Crippen LogP contribution in [0.5, 0.6) is 5.75 Å². The lowest BCUT2D eigenvalue weighted by atomic mass is 9.74. The first-order chi connectivity index (χ1) is 16.7. The van der Waals surface area contributed by atoms with Crippen LogP contribution in [-0.4, -0.2) is 64.0 Å². The predicted molar refractivity (Wildman–Crippen MR) is 127 cm³/mol. The first kappa shape index (κ1) is 21.9. The van der Waals surface area contributed by atoms with Gasteiger partial charge in [0, 0.05) is 35.9 Å². The van der Waals surface area contributed by atoms with Gasteiger partial charge in [-0.3, -0.25) is 9.78 Å². The smallest absolute Gasteiger partial charge is 0.208 e. The number of H-pyrrole nitrogens is 1. The summed E-state index contributed by atoms with van der Waals surface area (Å²) in [7, 11) is 0. The number of carbonyl (C=O) groups is 1. The molecule has 1 fully saturated rings. The van der Waals surface area contributed by atoms with Crippen LogP contribution in [0.25, 0.3) is 6.08 Å². The Balaban J connectivity index is 1.06. The molecule has 0 saturated carbocycles. The Morgan fingerprint density at radius 2 is 2.12 bits per heavy atom. The number of carbonyl (C=O) groups excluding carboxylic acids is 1. The van der Waals surface area contributed by atoms with E-state index >= 15 is 0 Å². The van der Waals surface area contributed by atoms with Crippen molar-refractivity contribution in [3.8, 4) is 5.75 Å². The van der Waals surface area contributed by atoms with E-state index < -0.39 is 0 Å². The van der Waals surface area contributed by atoms with E-state index in [0.717, 1.165) is 91.5 Å². The highest BCUT2D eigenvalue weighted by atomic mass is 32.2. The van der Waals surface area contributed by atoms with Crippen molar-refractivity contribution in [1.82, 2.24) is 25.5 Å². The number of allylic oxidation sites excluding steroid dienone is 1. The molecule has 2 atom stereocenters. The van der Waals surface area contributed by atoms with E-state index in [9.17, 15) is 9.70 Å². The van der Waals surface area contributed by atoms with E-state index in [1.807, 2.05) is 18.0 Å². The number of rotatable bonds is 5. The molecule has 2 aromatic heterocycles. The van der Waals surface area contributed by atoms with Gasteiger partial charge in [0.25, 0.3) is 0 Å². The molecule has 2 aliphatic heterocycles. The second kappa shape index (κ2) is 9.24. The van der Waals surface area contributed by atoms with Crippen LogP contribution in [-0.2, 0) is 11.3 Å². The molecule has 10 heteroatoms. The minimum absolute atomic E-state index is 0.0895. The number of nitrogens with zero attached hydrogens (tertiary/aromatic N) is 4. The maximum Gasteiger partial charge on any atom is 0.208 e. The van der Waals surface area contributed by atoms with E-state index in [1.165, 1.54) is 4.90 Å². The number of ketones is 1. The summed E-state index contributed by atoms with van der Waals surface area (Å²) in [5, 5.41) is 10.4. The highest BCUT2D eigenvalue weighted by Crippen LogP contribution is 2.41. The maximum atomic E-state index is 12.6. The number of fused-ring (bicyclic) bond motifs is 1. The number of hydrogen-bond acceptors (Lipinski definition) is 8. The van der Waals surface area contributed by atoms with E-state index in [4.69, 9.17) is 4.74 Å². The summed E-state index contributed by atoms with van der Waals surface area (Å²) in [5.74, 6) is 1.88. The largest absolute Gasteiger partial charge is 0.490 e. The summed E-state index contributed by atoms with van der Waals surface area (Å²) in [6.07, 6.45) is 8.94. The van der Waals surface area contributed by atoms with Gasteiger partial charge in [0.1, 0.15) is 0 Å². The number of aromatic nitrogens is 4. The fourth-order valence-electron chi connectivity index (χ4n) is 5.68.